The summed E-state index contributed by atoms with van der Waals surface area (Å²) in [6.45, 7) is 11.4. The van der Waals surface area contributed by atoms with E-state index in [9.17, 15) is 24.0 Å². The zero-order valence-electron chi connectivity index (χ0n) is 60.7. The molecule has 0 aliphatic rings. The molecule has 10 aromatic carbocycles. The van der Waals surface area contributed by atoms with E-state index in [0.29, 0.717) is 22.0 Å². The monoisotopic (exact) mass is 2220 g/mol. The molecule has 0 aliphatic carbocycles. The van der Waals surface area contributed by atoms with Crippen molar-refractivity contribution in [3.8, 4) is 43.9 Å². The van der Waals surface area contributed by atoms with Gasteiger partial charge >= 0.3 is 0 Å². The van der Waals surface area contributed by atoms with Crippen molar-refractivity contribution in [1.82, 2.24) is 19.9 Å². The van der Waals surface area contributed by atoms with Gasteiger partial charge in [-0.3, -0.25) is 38.9 Å². The minimum absolute atomic E-state index is 0. The number of hydrogen-bond acceptors (Lipinski definition) is 18. The van der Waals surface area contributed by atoms with Crippen molar-refractivity contribution in [3.05, 3.63) is 307 Å². The molecule has 15 rings (SSSR count). The van der Waals surface area contributed by atoms with Crippen LogP contribution in [-0.4, -0.2) is 77.6 Å². The standard InChI is InChI=1S/C19H12N.C18H13N2O2S.C17H10NS.C13H8NO.4C5H8O2.CH4.4Ir/c1-2-7-16-13-17(10-9-14(16)5-1)19-18-8-4-3-6-15(18)11-12-20-19;1-20(2)12-8-7-11-9-13(18(21)22-15(11)10-12)17-19-14-5-3-4-6-16(14)23-17;1-2-8-13-12(6-1)7-5-9-14(13)17-18-15-10-3-4-11-16(15)19-17;1-2-6-10(7-3-1)13-14-11-8-4-5-9-12(11)15-13;4*1-4(6)3-5(2)7;;;;;/h1-9,11-13H;3-8,10H,1-2H3;1-8,10-11H;1-6,8-9H;4*3,6H,1-2H3;1H4;;;;/q4*-1;;;;;;;;;. The van der Waals surface area contributed by atoms with Gasteiger partial charge in [0.05, 0.1) is 50.2 Å². The quantitative estimate of drug-likeness (QED) is 0.0454. The molecule has 0 aliphatic heterocycles. The van der Waals surface area contributed by atoms with E-state index in [-0.39, 0.29) is 134 Å². The van der Waals surface area contributed by atoms with Crippen LogP contribution >= 0.6 is 22.7 Å². The van der Waals surface area contributed by atoms with Crippen LogP contribution in [0.4, 0.5) is 5.69 Å². The number of pyridine rings is 1. The third-order valence-electron chi connectivity index (χ3n) is 14.4. The number of allylic oxidation sites excluding steroid dienone is 8. The Morgan fingerprint density at radius 1 is 0.436 bits per heavy atom. The van der Waals surface area contributed by atoms with Gasteiger partial charge in [0.15, 0.2) is 23.1 Å². The molecular weight excluding hydrogens is 2140 g/mol. The van der Waals surface area contributed by atoms with Gasteiger partial charge in [0.1, 0.15) is 11.5 Å². The number of carbonyl (C=O) groups excluding carboxylic acids is 4. The summed E-state index contributed by atoms with van der Waals surface area (Å²) in [5.41, 5.74) is 9.13. The van der Waals surface area contributed by atoms with E-state index in [1.54, 1.807) is 11.3 Å². The van der Waals surface area contributed by atoms with Crippen LogP contribution in [0.15, 0.2) is 286 Å². The molecule has 0 fully saturated rings. The largest absolute Gasteiger partial charge is 0.512 e. The Kier molecular flexibility index (Phi) is 40.2. The summed E-state index contributed by atoms with van der Waals surface area (Å²) in [5.74, 6) is 0.372. The Morgan fingerprint density at radius 3 is 1.41 bits per heavy atom. The summed E-state index contributed by atoms with van der Waals surface area (Å²) >= 11 is 3.19. The molecule has 0 saturated carbocycles. The van der Waals surface area contributed by atoms with Gasteiger partial charge in [0.25, 0.3) is 5.63 Å². The van der Waals surface area contributed by atoms with Gasteiger partial charge in [-0.2, -0.15) is 22.7 Å². The van der Waals surface area contributed by atoms with E-state index >= 15 is 0 Å². The van der Waals surface area contributed by atoms with Crippen molar-refractivity contribution in [2.45, 2.75) is 62.8 Å². The first-order chi connectivity index (χ1) is 50.4. The van der Waals surface area contributed by atoms with Crippen LogP contribution in [0.5, 0.6) is 0 Å². The summed E-state index contributed by atoms with van der Waals surface area (Å²) < 4.78 is 13.4. The molecule has 0 saturated heterocycles. The van der Waals surface area contributed by atoms with Crippen LogP contribution in [0.25, 0.3) is 119 Å². The summed E-state index contributed by atoms with van der Waals surface area (Å²) in [5, 5.41) is 43.1. The van der Waals surface area contributed by atoms with Crippen molar-refractivity contribution in [1.29, 1.82) is 0 Å². The molecule has 110 heavy (non-hydrogen) atoms. The Balaban J connectivity index is 0.000000338. The van der Waals surface area contributed by atoms with Gasteiger partial charge in [-0.25, -0.2) is 0 Å². The second kappa shape index (κ2) is 47.0. The van der Waals surface area contributed by atoms with E-state index < -0.39 is 5.63 Å². The average Bonchev–Trinajstić information content (AvgIpc) is 1.42. The number of carbonyl (C=O) groups is 4. The Bertz CT molecular complexity index is 5500. The first kappa shape index (κ1) is 94.0. The predicted octanol–water partition coefficient (Wildman–Crippen LogP) is 21.8. The number of anilines is 1. The van der Waals surface area contributed by atoms with Gasteiger partial charge in [0.2, 0.25) is 0 Å². The smallest absolute Gasteiger partial charge is 0.269 e. The number of nitrogens with zero attached hydrogens (tertiary/aromatic N) is 5. The van der Waals surface area contributed by atoms with Crippen LogP contribution in [0.2, 0.25) is 0 Å². The number of ketones is 4. The molecule has 5 heterocycles. The van der Waals surface area contributed by atoms with Gasteiger partial charge in [-0.1, -0.05) is 144 Å². The maximum Gasteiger partial charge on any atom is 0.269 e. The number of para-hydroxylation sites is 4. The molecule has 0 atom stereocenters. The Hall–Kier alpha value is -10.2. The van der Waals surface area contributed by atoms with Crippen molar-refractivity contribution >= 4 is 126 Å². The zero-order chi connectivity index (χ0) is 75.5. The van der Waals surface area contributed by atoms with Crippen LogP contribution in [0.1, 0.15) is 62.8 Å². The predicted molar refractivity (Wildman–Crippen MR) is 432 cm³/mol. The van der Waals surface area contributed by atoms with E-state index in [2.05, 4.69) is 136 Å². The first-order valence-corrected chi connectivity index (χ1v) is 34.4. The fourth-order valence-electron chi connectivity index (χ4n) is 10.0. The molecule has 5 aromatic heterocycles. The van der Waals surface area contributed by atoms with Gasteiger partial charge in [-0.05, 0) is 126 Å². The van der Waals surface area contributed by atoms with Crippen LogP contribution < -0.4 is 10.5 Å². The number of fused-ring (bicyclic) bond motifs is 7. The number of benzene rings is 10. The minimum Gasteiger partial charge on any atom is -0.512 e. The number of aliphatic hydroxyl groups is 4. The van der Waals surface area contributed by atoms with Crippen molar-refractivity contribution in [2.75, 3.05) is 19.0 Å². The minimum atomic E-state index is -0.410. The molecule has 0 unspecified atom stereocenters. The molecule has 0 amide bonds. The fourth-order valence-corrected chi connectivity index (χ4v) is 12.0. The van der Waals surface area contributed by atoms with E-state index in [1.807, 2.05) is 147 Å². The molecule has 4 radical (unpaired) electrons. The summed E-state index contributed by atoms with van der Waals surface area (Å²) in [4.78, 5) is 72.6. The number of hydrogen-bond donors (Lipinski definition) is 4. The maximum absolute atomic E-state index is 12.3. The van der Waals surface area contributed by atoms with Crippen LogP contribution in [0.3, 0.4) is 0 Å². The third kappa shape index (κ3) is 29.0. The molecule has 22 heteroatoms. The van der Waals surface area contributed by atoms with Crippen molar-refractivity contribution in [3.63, 3.8) is 0 Å². The molecule has 15 aromatic rings. The van der Waals surface area contributed by atoms with E-state index in [1.165, 1.54) is 128 Å². The number of aromatic nitrogens is 4. The second-order valence-electron chi connectivity index (χ2n) is 23.6. The summed E-state index contributed by atoms with van der Waals surface area (Å²) in [6.07, 6.45) is 6.53. The van der Waals surface area contributed by atoms with Gasteiger partial charge in [0, 0.05) is 145 Å². The topological polar surface area (TPSA) is 247 Å². The second-order valence-corrected chi connectivity index (χ2v) is 25.6. The SMILES string of the molecule is C.CC(=O)C=C(C)O.CC(=O)C=C(C)O.CC(=O)C=C(C)O.CC(=O)C=C(C)O.CN(C)c1ccc2[c-]c(-c3nc4ccccc4s3)c(=O)oc2c1.[Ir].[Ir].[Ir].[Ir].[c-]1cc2ccccc2cc1-c1nccc2ccccc12.[c-]1ccc2ccccc2c1-c1nc2ccccc2s1.[c-]1ccccc1-c1nc2ccccc2o1. The third-order valence-corrected chi connectivity index (χ3v) is 16.5. The number of rotatable bonds is 9. The van der Waals surface area contributed by atoms with Crippen molar-refractivity contribution < 1.29 is 129 Å². The Labute approximate surface area is 701 Å². The number of thiazole rings is 2. The normalized spacial score (nSPS) is 10.6. The molecule has 16 nitrogen and oxygen atoms in total. The zero-order valence-corrected chi connectivity index (χ0v) is 71.9. The molecule has 0 bridgehead atoms. The number of aliphatic hydroxyl groups excluding tert-OH is 4. The first-order valence-electron chi connectivity index (χ1n) is 32.8. The van der Waals surface area contributed by atoms with Gasteiger partial charge in [-0.15, -0.1) is 101 Å². The number of oxazole rings is 1. The van der Waals surface area contributed by atoms with Crippen LogP contribution in [0, 0.1) is 24.3 Å². The van der Waals surface area contributed by atoms with Crippen LogP contribution in [-0.2, 0) is 99.6 Å². The fraction of sp³-hybridized carbons (Fsp3) is 0.125. The molecule has 0 spiro atoms. The molecule has 4 N–H and O–H groups in total. The van der Waals surface area contributed by atoms with Crippen molar-refractivity contribution in [2.24, 2.45) is 0 Å². The van der Waals surface area contributed by atoms with E-state index in [0.717, 1.165) is 65.3 Å². The maximum atomic E-state index is 12.3. The molecule has 574 valence electrons. The molecular formula is C88H79Ir4N5O11S2-4. The van der Waals surface area contributed by atoms with Gasteiger partial charge < -0.3 is 39.1 Å². The summed E-state index contributed by atoms with van der Waals surface area (Å²) in [6, 6.07) is 85.4. The summed E-state index contributed by atoms with van der Waals surface area (Å²) in [7, 11) is 3.89. The average molecular weight is 2220 g/mol. The Morgan fingerprint density at radius 2 is 0.909 bits per heavy atom. The van der Waals surface area contributed by atoms with E-state index in [4.69, 9.17) is 34.2 Å².